The number of amides is 3. The summed E-state index contributed by atoms with van der Waals surface area (Å²) in [5, 5.41) is 2.94. The lowest BCUT2D eigenvalue weighted by atomic mass is 9.52. The Balaban J connectivity index is 1.72. The standard InChI is InChI=1S/C16H24N2O2/c1-15(2)9-17-14(20)18(13(15)19)16-6-10-3-11(7-16)5-12(4-10)8-16/h10-12H,3-9H2,1-2H3,(H,17,20). The minimum atomic E-state index is -0.461. The van der Waals surface area contributed by atoms with E-state index in [0.29, 0.717) is 6.54 Å². The van der Waals surface area contributed by atoms with Gasteiger partial charge in [0, 0.05) is 6.54 Å². The molecule has 1 N–H and O–H groups in total. The first-order chi connectivity index (χ1) is 9.40. The Kier molecular flexibility index (Phi) is 2.39. The molecule has 0 aromatic rings. The van der Waals surface area contributed by atoms with Gasteiger partial charge in [0.25, 0.3) is 0 Å². The molecule has 5 aliphatic rings. The fraction of sp³-hybridized carbons (Fsp3) is 0.875. The number of carbonyl (C=O) groups is 2. The van der Waals surface area contributed by atoms with E-state index in [1.165, 1.54) is 19.3 Å². The van der Waals surface area contributed by atoms with Crippen molar-refractivity contribution >= 4 is 11.9 Å². The molecule has 0 spiro atoms. The molecule has 5 rings (SSSR count). The van der Waals surface area contributed by atoms with Crippen LogP contribution >= 0.6 is 0 Å². The van der Waals surface area contributed by atoms with Crippen LogP contribution in [0.15, 0.2) is 0 Å². The van der Waals surface area contributed by atoms with Crippen molar-refractivity contribution in [2.45, 2.75) is 57.9 Å². The number of imide groups is 1. The van der Waals surface area contributed by atoms with E-state index >= 15 is 0 Å². The maximum absolute atomic E-state index is 12.8. The maximum Gasteiger partial charge on any atom is 0.324 e. The fourth-order valence-corrected chi connectivity index (χ4v) is 5.62. The Labute approximate surface area is 120 Å². The number of nitrogens with zero attached hydrogens (tertiary/aromatic N) is 1. The Hall–Kier alpha value is -1.06. The number of rotatable bonds is 1. The van der Waals surface area contributed by atoms with E-state index < -0.39 is 5.41 Å². The highest BCUT2D eigenvalue weighted by Crippen LogP contribution is 2.58. The zero-order valence-electron chi connectivity index (χ0n) is 12.4. The molecule has 5 fully saturated rings. The summed E-state index contributed by atoms with van der Waals surface area (Å²) in [6.45, 7) is 4.36. The average molecular weight is 276 g/mol. The second-order valence-corrected chi connectivity index (χ2v) is 8.33. The van der Waals surface area contributed by atoms with Gasteiger partial charge in [0.05, 0.1) is 11.0 Å². The quantitative estimate of drug-likeness (QED) is 0.800. The molecule has 4 saturated carbocycles. The topological polar surface area (TPSA) is 49.4 Å². The SMILES string of the molecule is CC1(C)CNC(=O)N(C23CC4CC(CC(C4)C2)C3)C1=O. The van der Waals surface area contributed by atoms with Crippen molar-refractivity contribution in [2.24, 2.45) is 23.2 Å². The van der Waals surface area contributed by atoms with E-state index in [2.05, 4.69) is 5.32 Å². The molecule has 20 heavy (non-hydrogen) atoms. The smallest absolute Gasteiger partial charge is 0.324 e. The first kappa shape index (κ1) is 12.7. The minimum Gasteiger partial charge on any atom is -0.337 e. The van der Waals surface area contributed by atoms with E-state index in [0.717, 1.165) is 37.0 Å². The van der Waals surface area contributed by atoms with Crippen molar-refractivity contribution in [1.82, 2.24) is 10.2 Å². The number of hydrogen-bond acceptors (Lipinski definition) is 2. The van der Waals surface area contributed by atoms with Gasteiger partial charge in [-0.05, 0) is 70.1 Å². The van der Waals surface area contributed by atoms with Crippen molar-refractivity contribution in [2.75, 3.05) is 6.54 Å². The van der Waals surface area contributed by atoms with E-state index in [1.807, 2.05) is 13.8 Å². The summed E-state index contributed by atoms with van der Waals surface area (Å²) in [6, 6.07) is -0.142. The molecule has 1 heterocycles. The van der Waals surface area contributed by atoms with E-state index in [-0.39, 0.29) is 17.5 Å². The number of carbonyl (C=O) groups excluding carboxylic acids is 2. The summed E-state index contributed by atoms with van der Waals surface area (Å²) >= 11 is 0. The van der Waals surface area contributed by atoms with Gasteiger partial charge in [0.1, 0.15) is 0 Å². The first-order valence-electron chi connectivity index (χ1n) is 8.02. The molecule has 110 valence electrons. The van der Waals surface area contributed by atoms with Gasteiger partial charge in [-0.2, -0.15) is 0 Å². The van der Waals surface area contributed by atoms with Gasteiger partial charge < -0.3 is 5.32 Å². The number of hydrogen-bond donors (Lipinski definition) is 1. The lowest BCUT2D eigenvalue weighted by Crippen LogP contribution is -2.70. The zero-order chi connectivity index (χ0) is 14.1. The Morgan fingerprint density at radius 1 is 1.00 bits per heavy atom. The summed E-state index contributed by atoms with van der Waals surface area (Å²) < 4.78 is 0. The van der Waals surface area contributed by atoms with Crippen molar-refractivity contribution in [1.29, 1.82) is 0 Å². The Morgan fingerprint density at radius 3 is 2.00 bits per heavy atom. The van der Waals surface area contributed by atoms with E-state index in [4.69, 9.17) is 0 Å². The maximum atomic E-state index is 12.8. The van der Waals surface area contributed by atoms with Crippen LogP contribution in [0.2, 0.25) is 0 Å². The van der Waals surface area contributed by atoms with Crippen LogP contribution in [-0.4, -0.2) is 28.9 Å². The summed E-state index contributed by atoms with van der Waals surface area (Å²) in [5.74, 6) is 2.27. The third-order valence-corrected chi connectivity index (χ3v) is 6.15. The van der Waals surface area contributed by atoms with Crippen molar-refractivity contribution in [3.05, 3.63) is 0 Å². The van der Waals surface area contributed by atoms with Crippen LogP contribution < -0.4 is 5.32 Å². The van der Waals surface area contributed by atoms with Gasteiger partial charge in [-0.1, -0.05) is 0 Å². The molecule has 4 aliphatic carbocycles. The molecular formula is C16H24N2O2. The van der Waals surface area contributed by atoms with Gasteiger partial charge in [-0.15, -0.1) is 0 Å². The van der Waals surface area contributed by atoms with E-state index in [9.17, 15) is 9.59 Å². The van der Waals surface area contributed by atoms with Gasteiger partial charge >= 0.3 is 6.03 Å². The molecule has 4 bridgehead atoms. The van der Waals surface area contributed by atoms with Gasteiger partial charge in [-0.25, -0.2) is 4.79 Å². The predicted molar refractivity (Wildman–Crippen MR) is 74.9 cm³/mol. The molecule has 0 aromatic heterocycles. The molecule has 0 atom stereocenters. The third-order valence-electron chi connectivity index (χ3n) is 6.15. The van der Waals surface area contributed by atoms with E-state index in [1.54, 1.807) is 4.90 Å². The number of urea groups is 1. The zero-order valence-corrected chi connectivity index (χ0v) is 12.4. The molecule has 0 radical (unpaired) electrons. The molecule has 0 aromatic carbocycles. The lowest BCUT2D eigenvalue weighted by molar-refractivity contribution is -0.154. The lowest BCUT2D eigenvalue weighted by Gasteiger charge is -2.61. The largest absolute Gasteiger partial charge is 0.337 e. The van der Waals surface area contributed by atoms with Crippen molar-refractivity contribution < 1.29 is 9.59 Å². The Bertz CT molecular complexity index is 448. The second-order valence-electron chi connectivity index (χ2n) is 8.33. The summed E-state index contributed by atoms with van der Waals surface area (Å²) in [7, 11) is 0. The highest BCUT2D eigenvalue weighted by Gasteiger charge is 2.58. The minimum absolute atomic E-state index is 0.0446. The monoisotopic (exact) mass is 276 g/mol. The highest BCUT2D eigenvalue weighted by molar-refractivity contribution is 6.00. The molecule has 0 unspecified atom stereocenters. The van der Waals surface area contributed by atoms with Crippen LogP contribution in [0.1, 0.15) is 52.4 Å². The van der Waals surface area contributed by atoms with Crippen LogP contribution in [0.4, 0.5) is 4.79 Å². The number of nitrogens with one attached hydrogen (secondary N) is 1. The summed E-state index contributed by atoms with van der Waals surface area (Å²) in [5.41, 5.74) is -0.620. The normalized spacial score (nSPS) is 45.7. The molecule has 3 amide bonds. The molecule has 4 heteroatoms. The van der Waals surface area contributed by atoms with Crippen LogP contribution in [0, 0.1) is 23.2 Å². The summed E-state index contributed by atoms with van der Waals surface area (Å²) in [6.07, 6.45) is 7.13. The van der Waals surface area contributed by atoms with Crippen LogP contribution in [0.25, 0.3) is 0 Å². The first-order valence-corrected chi connectivity index (χ1v) is 8.02. The fourth-order valence-electron chi connectivity index (χ4n) is 5.62. The average Bonchev–Trinajstić information content (AvgIpc) is 2.33. The highest BCUT2D eigenvalue weighted by atomic mass is 16.2. The van der Waals surface area contributed by atoms with Crippen molar-refractivity contribution in [3.63, 3.8) is 0 Å². The van der Waals surface area contributed by atoms with Gasteiger partial charge in [-0.3, -0.25) is 9.69 Å². The Morgan fingerprint density at radius 2 is 1.50 bits per heavy atom. The molecule has 1 aliphatic heterocycles. The van der Waals surface area contributed by atoms with Crippen LogP contribution in [0.5, 0.6) is 0 Å². The molecular weight excluding hydrogens is 252 g/mol. The van der Waals surface area contributed by atoms with Gasteiger partial charge in [0.15, 0.2) is 0 Å². The van der Waals surface area contributed by atoms with Crippen LogP contribution in [0.3, 0.4) is 0 Å². The van der Waals surface area contributed by atoms with Crippen molar-refractivity contribution in [3.8, 4) is 0 Å². The third kappa shape index (κ3) is 1.60. The molecule has 1 saturated heterocycles. The molecule has 4 nitrogen and oxygen atoms in total. The predicted octanol–water partition coefficient (Wildman–Crippen LogP) is 2.53. The second kappa shape index (κ2) is 3.77. The van der Waals surface area contributed by atoms with Gasteiger partial charge in [0.2, 0.25) is 5.91 Å². The summed E-state index contributed by atoms with van der Waals surface area (Å²) in [4.78, 5) is 26.9. The van der Waals surface area contributed by atoms with Crippen LogP contribution in [-0.2, 0) is 4.79 Å².